The summed E-state index contributed by atoms with van der Waals surface area (Å²) in [4.78, 5) is -0.315. The lowest BCUT2D eigenvalue weighted by Gasteiger charge is -2.16. The average Bonchev–Trinajstić information content (AvgIpc) is 2.65. The lowest BCUT2D eigenvalue weighted by atomic mass is 10.0. The summed E-state index contributed by atoms with van der Waals surface area (Å²) in [6, 6.07) is 16.2. The standard InChI is InChI=1S/C19H18FNO4S/c1-25-18-10-9-14(20)11-19(18)26(23,24)21-12-17(22)16-8-4-6-13-5-2-3-7-15(13)16/h2-11,17,21-22H,12H2,1H3. The van der Waals surface area contributed by atoms with E-state index in [0.717, 1.165) is 22.9 Å². The molecule has 0 saturated carbocycles. The second-order valence-electron chi connectivity index (χ2n) is 5.73. The van der Waals surface area contributed by atoms with Crippen LogP contribution in [0.15, 0.2) is 65.6 Å². The van der Waals surface area contributed by atoms with Gasteiger partial charge in [-0.15, -0.1) is 0 Å². The zero-order valence-electron chi connectivity index (χ0n) is 14.0. The van der Waals surface area contributed by atoms with Gasteiger partial charge in [-0.1, -0.05) is 42.5 Å². The maximum atomic E-state index is 13.5. The highest BCUT2D eigenvalue weighted by atomic mass is 32.2. The number of halogens is 1. The van der Waals surface area contributed by atoms with Crippen LogP contribution in [0.5, 0.6) is 5.75 Å². The van der Waals surface area contributed by atoms with E-state index >= 15 is 0 Å². The van der Waals surface area contributed by atoms with E-state index in [1.54, 1.807) is 12.1 Å². The SMILES string of the molecule is COc1ccc(F)cc1S(=O)(=O)NCC(O)c1cccc2ccccc12. The zero-order valence-corrected chi connectivity index (χ0v) is 14.8. The molecule has 2 N–H and O–H groups in total. The molecule has 5 nitrogen and oxygen atoms in total. The second-order valence-corrected chi connectivity index (χ2v) is 7.47. The van der Waals surface area contributed by atoms with Crippen molar-refractivity contribution in [2.24, 2.45) is 0 Å². The molecule has 0 aliphatic heterocycles. The predicted octanol–water partition coefficient (Wildman–Crippen LogP) is 3.00. The van der Waals surface area contributed by atoms with E-state index in [2.05, 4.69) is 4.72 Å². The molecule has 26 heavy (non-hydrogen) atoms. The lowest BCUT2D eigenvalue weighted by Crippen LogP contribution is -2.29. The minimum absolute atomic E-state index is 0.0264. The van der Waals surface area contributed by atoms with Gasteiger partial charge in [-0.25, -0.2) is 17.5 Å². The van der Waals surface area contributed by atoms with E-state index < -0.39 is 21.9 Å². The van der Waals surface area contributed by atoms with Crippen LogP contribution in [0.1, 0.15) is 11.7 Å². The van der Waals surface area contributed by atoms with Crippen molar-refractivity contribution in [1.82, 2.24) is 4.72 Å². The van der Waals surface area contributed by atoms with Crippen molar-refractivity contribution >= 4 is 20.8 Å². The highest BCUT2D eigenvalue weighted by Crippen LogP contribution is 2.26. The summed E-state index contributed by atoms with van der Waals surface area (Å²) in [5.41, 5.74) is 0.608. The Morgan fingerprint density at radius 2 is 1.85 bits per heavy atom. The van der Waals surface area contributed by atoms with Gasteiger partial charge in [-0.3, -0.25) is 0 Å². The molecule has 0 radical (unpaired) electrons. The number of fused-ring (bicyclic) bond motifs is 1. The maximum absolute atomic E-state index is 13.5. The molecule has 1 unspecified atom stereocenters. The van der Waals surface area contributed by atoms with Crippen LogP contribution in [0.3, 0.4) is 0 Å². The smallest absolute Gasteiger partial charge is 0.244 e. The van der Waals surface area contributed by atoms with Gasteiger partial charge >= 0.3 is 0 Å². The Kier molecular flexibility index (Phi) is 5.22. The number of aliphatic hydroxyl groups is 1. The largest absolute Gasteiger partial charge is 0.495 e. The third kappa shape index (κ3) is 3.70. The van der Waals surface area contributed by atoms with E-state index in [1.807, 2.05) is 30.3 Å². The van der Waals surface area contributed by atoms with Gasteiger partial charge in [-0.2, -0.15) is 0 Å². The number of aliphatic hydroxyl groups excluding tert-OH is 1. The summed E-state index contributed by atoms with van der Waals surface area (Å²) >= 11 is 0. The predicted molar refractivity (Wildman–Crippen MR) is 97.0 cm³/mol. The summed E-state index contributed by atoms with van der Waals surface area (Å²) in [5, 5.41) is 12.3. The Hall–Kier alpha value is -2.48. The zero-order chi connectivity index (χ0) is 18.7. The van der Waals surface area contributed by atoms with Crippen molar-refractivity contribution in [2.45, 2.75) is 11.0 Å². The first-order chi connectivity index (χ1) is 12.4. The van der Waals surface area contributed by atoms with Crippen molar-refractivity contribution in [3.8, 4) is 5.75 Å². The van der Waals surface area contributed by atoms with Crippen molar-refractivity contribution in [1.29, 1.82) is 0 Å². The molecule has 3 rings (SSSR count). The van der Waals surface area contributed by atoms with Crippen molar-refractivity contribution < 1.29 is 22.7 Å². The first kappa shape index (κ1) is 18.3. The number of hydrogen-bond donors (Lipinski definition) is 2. The monoisotopic (exact) mass is 375 g/mol. The number of methoxy groups -OCH3 is 1. The van der Waals surface area contributed by atoms with Crippen LogP contribution in [0.2, 0.25) is 0 Å². The third-order valence-corrected chi connectivity index (χ3v) is 5.51. The van der Waals surface area contributed by atoms with E-state index in [9.17, 15) is 17.9 Å². The summed E-state index contributed by atoms with van der Waals surface area (Å²) in [6.07, 6.45) is -1.06. The fourth-order valence-corrected chi connectivity index (χ4v) is 3.99. The number of nitrogens with one attached hydrogen (secondary N) is 1. The van der Waals surface area contributed by atoms with Crippen LogP contribution in [0.25, 0.3) is 10.8 Å². The number of ether oxygens (including phenoxy) is 1. The summed E-state index contributed by atoms with van der Waals surface area (Å²) in [5.74, 6) is -0.667. The van der Waals surface area contributed by atoms with E-state index in [1.165, 1.54) is 13.2 Å². The summed E-state index contributed by atoms with van der Waals surface area (Å²) in [7, 11) is -2.75. The number of benzene rings is 3. The minimum Gasteiger partial charge on any atom is -0.495 e. The van der Waals surface area contributed by atoms with Crippen LogP contribution in [-0.4, -0.2) is 27.2 Å². The Morgan fingerprint density at radius 3 is 2.62 bits per heavy atom. The average molecular weight is 375 g/mol. The van der Waals surface area contributed by atoms with Crippen molar-refractivity contribution in [3.63, 3.8) is 0 Å². The van der Waals surface area contributed by atoms with Crippen LogP contribution in [0, 0.1) is 5.82 Å². The van der Waals surface area contributed by atoms with E-state index in [4.69, 9.17) is 4.74 Å². The Balaban J connectivity index is 1.85. The summed E-state index contributed by atoms with van der Waals surface area (Å²) < 4.78 is 45.7. The quantitative estimate of drug-likeness (QED) is 0.695. The molecule has 0 aliphatic rings. The maximum Gasteiger partial charge on any atom is 0.244 e. The first-order valence-electron chi connectivity index (χ1n) is 7.91. The van der Waals surface area contributed by atoms with Gasteiger partial charge in [0.05, 0.1) is 13.2 Å². The first-order valence-corrected chi connectivity index (χ1v) is 9.39. The molecule has 3 aromatic carbocycles. The van der Waals surface area contributed by atoms with Crippen molar-refractivity contribution in [3.05, 3.63) is 72.0 Å². The van der Waals surface area contributed by atoms with Gasteiger partial charge in [0, 0.05) is 6.54 Å². The van der Waals surface area contributed by atoms with Gasteiger partial charge < -0.3 is 9.84 Å². The lowest BCUT2D eigenvalue weighted by molar-refractivity contribution is 0.183. The highest BCUT2D eigenvalue weighted by Gasteiger charge is 2.22. The molecule has 0 aromatic heterocycles. The number of hydrogen-bond acceptors (Lipinski definition) is 4. The van der Waals surface area contributed by atoms with E-state index in [-0.39, 0.29) is 17.2 Å². The Labute approximate surface area is 151 Å². The molecule has 0 bridgehead atoms. The van der Waals surface area contributed by atoms with Gasteiger partial charge in [-0.05, 0) is 34.5 Å². The highest BCUT2D eigenvalue weighted by molar-refractivity contribution is 7.89. The molecule has 1 atom stereocenters. The van der Waals surface area contributed by atoms with Gasteiger partial charge in [0.25, 0.3) is 0 Å². The van der Waals surface area contributed by atoms with Crippen LogP contribution < -0.4 is 9.46 Å². The van der Waals surface area contributed by atoms with Gasteiger partial charge in [0.15, 0.2) is 0 Å². The second kappa shape index (κ2) is 7.41. The molecule has 0 spiro atoms. The minimum atomic E-state index is -4.06. The van der Waals surface area contributed by atoms with Crippen LogP contribution in [-0.2, 0) is 10.0 Å². The third-order valence-electron chi connectivity index (χ3n) is 4.06. The number of rotatable bonds is 6. The molecule has 0 aliphatic carbocycles. The van der Waals surface area contributed by atoms with Gasteiger partial charge in [0.1, 0.15) is 16.5 Å². The molecule has 0 saturated heterocycles. The topological polar surface area (TPSA) is 75.6 Å². The Bertz CT molecular complexity index is 1030. The summed E-state index contributed by atoms with van der Waals surface area (Å²) in [6.45, 7) is -0.254. The normalized spacial score (nSPS) is 12.9. The number of sulfonamides is 1. The molecule has 0 fully saturated rings. The Morgan fingerprint density at radius 1 is 1.12 bits per heavy atom. The van der Waals surface area contributed by atoms with Crippen LogP contribution in [0.4, 0.5) is 4.39 Å². The molecule has 3 aromatic rings. The fourth-order valence-electron chi connectivity index (χ4n) is 2.78. The molecular weight excluding hydrogens is 357 g/mol. The van der Waals surface area contributed by atoms with E-state index in [0.29, 0.717) is 5.56 Å². The van der Waals surface area contributed by atoms with Gasteiger partial charge in [0.2, 0.25) is 10.0 Å². The molecule has 136 valence electrons. The van der Waals surface area contributed by atoms with Crippen LogP contribution >= 0.6 is 0 Å². The fraction of sp³-hybridized carbons (Fsp3) is 0.158. The molecule has 0 heterocycles. The van der Waals surface area contributed by atoms with Crippen molar-refractivity contribution in [2.75, 3.05) is 13.7 Å². The molecular formula is C19H18FNO4S. The molecule has 7 heteroatoms. The molecule has 0 amide bonds.